The lowest BCUT2D eigenvalue weighted by molar-refractivity contribution is 0.444. The molecule has 114 valence electrons. The fourth-order valence-corrected chi connectivity index (χ4v) is 4.28. The lowest BCUT2D eigenvalue weighted by atomic mass is 9.83. The molecule has 1 saturated carbocycles. The van der Waals surface area contributed by atoms with Crippen molar-refractivity contribution >= 4 is 27.3 Å². The van der Waals surface area contributed by atoms with Gasteiger partial charge in [-0.25, -0.2) is 4.98 Å². The molecule has 2 heteroatoms. The van der Waals surface area contributed by atoms with Gasteiger partial charge in [0.05, 0.1) is 5.52 Å². The van der Waals surface area contributed by atoms with Crippen molar-refractivity contribution in [1.82, 2.24) is 9.38 Å². The first-order valence-electron chi connectivity index (χ1n) is 8.69. The lowest BCUT2D eigenvalue weighted by Gasteiger charge is -2.22. The summed E-state index contributed by atoms with van der Waals surface area (Å²) >= 11 is 0. The van der Waals surface area contributed by atoms with Crippen LogP contribution < -0.4 is 0 Å². The Kier molecular flexibility index (Phi) is 2.90. The highest BCUT2D eigenvalue weighted by atomic mass is 15.0. The largest absolute Gasteiger partial charge is 0.299 e. The Bertz CT molecular complexity index is 1010. The second-order valence-electron chi connectivity index (χ2n) is 6.78. The van der Waals surface area contributed by atoms with E-state index in [0.717, 1.165) is 11.6 Å². The zero-order valence-corrected chi connectivity index (χ0v) is 13.2. The monoisotopic (exact) mass is 300 g/mol. The van der Waals surface area contributed by atoms with Crippen molar-refractivity contribution in [2.75, 3.05) is 0 Å². The van der Waals surface area contributed by atoms with Crippen LogP contribution in [0.4, 0.5) is 0 Å². The van der Waals surface area contributed by atoms with Gasteiger partial charge in [0, 0.05) is 23.2 Å². The summed E-state index contributed by atoms with van der Waals surface area (Å²) in [6, 6.07) is 15.7. The van der Waals surface area contributed by atoms with Gasteiger partial charge < -0.3 is 0 Å². The Balaban J connectivity index is 1.84. The number of rotatable bonds is 1. The average molecular weight is 300 g/mol. The van der Waals surface area contributed by atoms with Crippen LogP contribution >= 0.6 is 0 Å². The first-order valence-corrected chi connectivity index (χ1v) is 8.69. The van der Waals surface area contributed by atoms with Crippen molar-refractivity contribution in [2.45, 2.75) is 38.0 Å². The normalized spacial score (nSPS) is 16.5. The van der Waals surface area contributed by atoms with Gasteiger partial charge >= 0.3 is 0 Å². The molecule has 4 aromatic rings. The second-order valence-corrected chi connectivity index (χ2v) is 6.78. The van der Waals surface area contributed by atoms with Crippen molar-refractivity contribution in [2.24, 2.45) is 0 Å². The maximum Gasteiger partial charge on any atom is 0.145 e. The van der Waals surface area contributed by atoms with E-state index in [4.69, 9.17) is 0 Å². The Morgan fingerprint density at radius 3 is 2.57 bits per heavy atom. The van der Waals surface area contributed by atoms with Crippen LogP contribution in [0.25, 0.3) is 27.3 Å². The maximum absolute atomic E-state index is 4.57. The van der Waals surface area contributed by atoms with Crippen molar-refractivity contribution in [3.8, 4) is 0 Å². The van der Waals surface area contributed by atoms with E-state index in [1.54, 1.807) is 0 Å². The van der Waals surface area contributed by atoms with E-state index in [0.29, 0.717) is 0 Å². The van der Waals surface area contributed by atoms with Crippen LogP contribution in [-0.2, 0) is 0 Å². The molecule has 5 rings (SSSR count). The van der Waals surface area contributed by atoms with E-state index >= 15 is 0 Å². The molecular weight excluding hydrogens is 280 g/mol. The van der Waals surface area contributed by atoms with Gasteiger partial charge in [0.1, 0.15) is 5.65 Å². The summed E-state index contributed by atoms with van der Waals surface area (Å²) in [5.41, 5.74) is 3.83. The lowest BCUT2D eigenvalue weighted by Crippen LogP contribution is -2.04. The summed E-state index contributed by atoms with van der Waals surface area (Å²) in [5, 5.41) is 3.92. The SMILES string of the molecule is c1ccc2c(c1)c1cc(C3CCCCC3)ccc1n1ccnc21. The van der Waals surface area contributed by atoms with Crippen LogP contribution in [0.3, 0.4) is 0 Å². The van der Waals surface area contributed by atoms with Crippen molar-refractivity contribution in [3.63, 3.8) is 0 Å². The molecule has 2 heterocycles. The minimum Gasteiger partial charge on any atom is -0.299 e. The number of nitrogens with zero attached hydrogens (tertiary/aromatic N) is 2. The molecule has 0 bridgehead atoms. The van der Waals surface area contributed by atoms with Crippen molar-refractivity contribution in [3.05, 3.63) is 60.4 Å². The van der Waals surface area contributed by atoms with Gasteiger partial charge in [0.15, 0.2) is 0 Å². The summed E-state index contributed by atoms with van der Waals surface area (Å²) in [6.07, 6.45) is 10.8. The van der Waals surface area contributed by atoms with E-state index in [1.807, 2.05) is 6.20 Å². The molecule has 2 aromatic heterocycles. The molecule has 23 heavy (non-hydrogen) atoms. The molecule has 2 nitrogen and oxygen atoms in total. The zero-order valence-electron chi connectivity index (χ0n) is 13.2. The van der Waals surface area contributed by atoms with E-state index < -0.39 is 0 Å². The predicted octanol–water partition coefficient (Wildman–Crippen LogP) is 5.69. The third-order valence-electron chi connectivity index (χ3n) is 5.46. The third kappa shape index (κ3) is 1.98. The first-order chi connectivity index (χ1) is 11.4. The Hall–Kier alpha value is -2.35. The van der Waals surface area contributed by atoms with Crippen LogP contribution in [0.5, 0.6) is 0 Å². The number of hydrogen-bond donors (Lipinski definition) is 0. The summed E-state index contributed by atoms with van der Waals surface area (Å²) in [7, 11) is 0. The highest BCUT2D eigenvalue weighted by Gasteiger charge is 2.17. The maximum atomic E-state index is 4.57. The topological polar surface area (TPSA) is 17.3 Å². The molecule has 0 spiro atoms. The molecule has 0 aliphatic heterocycles. The third-order valence-corrected chi connectivity index (χ3v) is 5.46. The predicted molar refractivity (Wildman–Crippen MR) is 96.0 cm³/mol. The minimum absolute atomic E-state index is 0.741. The summed E-state index contributed by atoms with van der Waals surface area (Å²) in [6.45, 7) is 0. The molecule has 0 unspecified atom stereocenters. The summed E-state index contributed by atoms with van der Waals surface area (Å²) in [5.74, 6) is 0.741. The van der Waals surface area contributed by atoms with Gasteiger partial charge in [-0.1, -0.05) is 49.6 Å². The minimum atomic E-state index is 0.741. The average Bonchev–Trinajstić information content (AvgIpc) is 3.12. The van der Waals surface area contributed by atoms with E-state index in [2.05, 4.69) is 58.0 Å². The Labute approximate surface area is 135 Å². The molecule has 0 amide bonds. The van der Waals surface area contributed by atoms with Crippen molar-refractivity contribution < 1.29 is 0 Å². The van der Waals surface area contributed by atoms with E-state index in [1.165, 1.54) is 59.3 Å². The smallest absolute Gasteiger partial charge is 0.145 e. The van der Waals surface area contributed by atoms with Gasteiger partial charge in [-0.3, -0.25) is 4.40 Å². The molecule has 0 N–H and O–H groups in total. The van der Waals surface area contributed by atoms with Crippen LogP contribution in [-0.4, -0.2) is 9.38 Å². The van der Waals surface area contributed by atoms with Gasteiger partial charge in [0.25, 0.3) is 0 Å². The van der Waals surface area contributed by atoms with E-state index in [-0.39, 0.29) is 0 Å². The molecule has 0 atom stereocenters. The first kappa shape index (κ1) is 13.1. The summed E-state index contributed by atoms with van der Waals surface area (Å²) in [4.78, 5) is 4.57. The molecule has 1 fully saturated rings. The number of pyridine rings is 1. The fraction of sp³-hybridized carbons (Fsp3) is 0.286. The molecule has 0 radical (unpaired) electrons. The van der Waals surface area contributed by atoms with Crippen LogP contribution in [0.1, 0.15) is 43.6 Å². The van der Waals surface area contributed by atoms with Crippen molar-refractivity contribution in [1.29, 1.82) is 0 Å². The van der Waals surface area contributed by atoms with Gasteiger partial charge in [-0.15, -0.1) is 0 Å². The standard InChI is InChI=1S/C21H20N2/c1-2-6-15(7-3-1)16-10-11-20-19(14-16)17-8-4-5-9-18(17)21-22-12-13-23(20)21/h4-5,8-15H,1-3,6-7H2. The van der Waals surface area contributed by atoms with E-state index in [9.17, 15) is 0 Å². The number of benzene rings is 2. The van der Waals surface area contributed by atoms with Gasteiger partial charge in [-0.2, -0.15) is 0 Å². The molecule has 0 saturated heterocycles. The van der Waals surface area contributed by atoms with Gasteiger partial charge in [-0.05, 0) is 41.8 Å². The molecule has 1 aliphatic carbocycles. The quantitative estimate of drug-likeness (QED) is 0.413. The Morgan fingerprint density at radius 1 is 0.870 bits per heavy atom. The second kappa shape index (κ2) is 5.09. The van der Waals surface area contributed by atoms with Crippen LogP contribution in [0.2, 0.25) is 0 Å². The highest BCUT2D eigenvalue weighted by Crippen LogP contribution is 2.36. The Morgan fingerprint density at radius 2 is 1.70 bits per heavy atom. The molecule has 2 aromatic carbocycles. The fourth-order valence-electron chi connectivity index (χ4n) is 4.28. The highest BCUT2D eigenvalue weighted by molar-refractivity contribution is 6.11. The van der Waals surface area contributed by atoms with Crippen LogP contribution in [0.15, 0.2) is 54.9 Å². The number of hydrogen-bond acceptors (Lipinski definition) is 1. The molecular formula is C21H20N2. The van der Waals surface area contributed by atoms with Crippen LogP contribution in [0, 0.1) is 0 Å². The summed E-state index contributed by atoms with van der Waals surface area (Å²) < 4.78 is 2.22. The number of imidazole rings is 1. The zero-order chi connectivity index (χ0) is 15.2. The number of fused-ring (bicyclic) bond motifs is 6. The number of aromatic nitrogens is 2. The molecule has 1 aliphatic rings. The van der Waals surface area contributed by atoms with Gasteiger partial charge in [0.2, 0.25) is 0 Å².